The van der Waals surface area contributed by atoms with E-state index in [9.17, 15) is 13.2 Å². The molecule has 0 bridgehead atoms. The van der Waals surface area contributed by atoms with Crippen LogP contribution in [0, 0.1) is 12.8 Å². The Kier molecular flexibility index (Phi) is 7.47. The van der Waals surface area contributed by atoms with Crippen molar-refractivity contribution in [2.75, 3.05) is 38.6 Å². The fourth-order valence-corrected chi connectivity index (χ4v) is 4.71. The molecule has 0 aliphatic carbocycles. The highest BCUT2D eigenvalue weighted by Crippen LogP contribution is 2.19. The lowest BCUT2D eigenvalue weighted by Crippen LogP contribution is -2.43. The summed E-state index contributed by atoms with van der Waals surface area (Å²) in [7, 11) is -1.94. The van der Waals surface area contributed by atoms with Crippen molar-refractivity contribution in [3.05, 3.63) is 54.1 Å². The zero-order valence-corrected chi connectivity index (χ0v) is 18.2. The van der Waals surface area contributed by atoms with Crippen molar-refractivity contribution in [3.8, 4) is 5.75 Å². The summed E-state index contributed by atoms with van der Waals surface area (Å²) in [6.45, 7) is 4.07. The average molecular weight is 432 g/mol. The zero-order chi connectivity index (χ0) is 21.6. The molecule has 7 nitrogen and oxygen atoms in total. The number of carbonyl (C=O) groups excluding carboxylic acids is 1. The van der Waals surface area contributed by atoms with Gasteiger partial charge in [0, 0.05) is 24.8 Å². The minimum absolute atomic E-state index is 0.0934. The molecule has 1 heterocycles. The first-order valence-corrected chi connectivity index (χ1v) is 11.6. The Labute approximate surface area is 178 Å². The van der Waals surface area contributed by atoms with Crippen molar-refractivity contribution < 1.29 is 17.9 Å². The molecule has 1 aliphatic rings. The number of piperidine rings is 1. The fraction of sp³-hybridized carbons (Fsp3) is 0.409. The number of ether oxygens (including phenoxy) is 1. The maximum atomic E-state index is 12.5. The third kappa shape index (κ3) is 6.29. The van der Waals surface area contributed by atoms with Gasteiger partial charge < -0.3 is 10.1 Å². The van der Waals surface area contributed by atoms with Gasteiger partial charge in [-0.3, -0.25) is 9.69 Å². The monoisotopic (exact) mass is 431 g/mol. The van der Waals surface area contributed by atoms with Crippen LogP contribution >= 0.6 is 0 Å². The van der Waals surface area contributed by atoms with Crippen molar-refractivity contribution in [1.82, 2.24) is 9.62 Å². The van der Waals surface area contributed by atoms with Gasteiger partial charge >= 0.3 is 0 Å². The van der Waals surface area contributed by atoms with Crippen LogP contribution in [0.15, 0.2) is 53.4 Å². The number of hydrogen-bond donors (Lipinski definition) is 2. The van der Waals surface area contributed by atoms with Gasteiger partial charge in [0.2, 0.25) is 15.9 Å². The van der Waals surface area contributed by atoms with Crippen LogP contribution in [0.5, 0.6) is 5.75 Å². The number of anilines is 1. The standard InChI is InChI=1S/C22H29N3O4S/c1-17-8-10-21(11-9-17)30(27,28)23-14-18-5-4-12-25(15-18)16-22(26)24-19-6-3-7-20(13-19)29-2/h3,6-11,13,18,23H,4-5,12,14-16H2,1-2H3,(H,24,26). The molecule has 1 aliphatic heterocycles. The summed E-state index contributed by atoms with van der Waals surface area (Å²) in [5.41, 5.74) is 1.71. The SMILES string of the molecule is COc1cccc(NC(=O)CN2CCCC(CNS(=O)(=O)c3ccc(C)cc3)C2)c1. The molecule has 162 valence electrons. The lowest BCUT2D eigenvalue weighted by molar-refractivity contribution is -0.117. The number of benzene rings is 2. The molecule has 1 unspecified atom stereocenters. The molecule has 3 rings (SSSR count). The van der Waals surface area contributed by atoms with Gasteiger partial charge in [-0.15, -0.1) is 0 Å². The van der Waals surface area contributed by atoms with Crippen LogP contribution in [0.2, 0.25) is 0 Å². The molecule has 30 heavy (non-hydrogen) atoms. The number of carbonyl (C=O) groups is 1. The van der Waals surface area contributed by atoms with E-state index in [2.05, 4.69) is 14.9 Å². The van der Waals surface area contributed by atoms with Crippen LogP contribution < -0.4 is 14.8 Å². The van der Waals surface area contributed by atoms with E-state index >= 15 is 0 Å². The molecule has 2 aromatic rings. The van der Waals surface area contributed by atoms with E-state index in [0.29, 0.717) is 24.5 Å². The Morgan fingerprint density at radius 2 is 1.97 bits per heavy atom. The lowest BCUT2D eigenvalue weighted by Gasteiger charge is -2.32. The number of likely N-dealkylation sites (tertiary alicyclic amines) is 1. The Morgan fingerprint density at radius 3 is 2.70 bits per heavy atom. The fourth-order valence-electron chi connectivity index (χ4n) is 3.59. The first-order valence-electron chi connectivity index (χ1n) is 10.1. The molecule has 2 N–H and O–H groups in total. The van der Waals surface area contributed by atoms with E-state index in [0.717, 1.165) is 24.9 Å². The van der Waals surface area contributed by atoms with Crippen molar-refractivity contribution in [1.29, 1.82) is 0 Å². The number of hydrogen-bond acceptors (Lipinski definition) is 5. The van der Waals surface area contributed by atoms with Gasteiger partial charge in [0.1, 0.15) is 5.75 Å². The highest BCUT2D eigenvalue weighted by molar-refractivity contribution is 7.89. The number of nitrogens with one attached hydrogen (secondary N) is 2. The van der Waals surface area contributed by atoms with Gasteiger partial charge in [0.05, 0.1) is 18.6 Å². The van der Waals surface area contributed by atoms with Crippen molar-refractivity contribution in [2.24, 2.45) is 5.92 Å². The second-order valence-corrected chi connectivity index (χ2v) is 9.46. The molecular weight excluding hydrogens is 402 g/mol. The first kappa shape index (κ1) is 22.3. The third-order valence-electron chi connectivity index (χ3n) is 5.22. The summed E-state index contributed by atoms with van der Waals surface area (Å²) in [6.07, 6.45) is 1.87. The second kappa shape index (κ2) is 10.1. The Morgan fingerprint density at radius 1 is 1.20 bits per heavy atom. The number of methoxy groups -OCH3 is 1. The molecule has 2 aromatic carbocycles. The third-order valence-corrected chi connectivity index (χ3v) is 6.66. The Hall–Kier alpha value is -2.42. The van der Waals surface area contributed by atoms with Crippen LogP contribution in [0.25, 0.3) is 0 Å². The summed E-state index contributed by atoms with van der Waals surface area (Å²) >= 11 is 0. The van der Waals surface area contributed by atoms with E-state index in [-0.39, 0.29) is 23.3 Å². The maximum absolute atomic E-state index is 12.5. The van der Waals surface area contributed by atoms with Crippen LogP contribution in [0.3, 0.4) is 0 Å². The predicted molar refractivity (Wildman–Crippen MR) is 117 cm³/mol. The zero-order valence-electron chi connectivity index (χ0n) is 17.4. The number of nitrogens with zero attached hydrogens (tertiary/aromatic N) is 1. The quantitative estimate of drug-likeness (QED) is 0.671. The van der Waals surface area contributed by atoms with Crippen molar-refractivity contribution in [2.45, 2.75) is 24.7 Å². The van der Waals surface area contributed by atoms with E-state index < -0.39 is 10.0 Å². The molecular formula is C22H29N3O4S. The smallest absolute Gasteiger partial charge is 0.240 e. The summed E-state index contributed by atoms with van der Waals surface area (Å²) in [5.74, 6) is 0.763. The van der Waals surface area contributed by atoms with Crippen LogP contribution in [-0.4, -0.2) is 52.5 Å². The van der Waals surface area contributed by atoms with Crippen molar-refractivity contribution >= 4 is 21.6 Å². The molecule has 8 heteroatoms. The molecule has 1 saturated heterocycles. The van der Waals surface area contributed by atoms with Crippen LogP contribution in [-0.2, 0) is 14.8 Å². The molecule has 0 aromatic heterocycles. The highest BCUT2D eigenvalue weighted by Gasteiger charge is 2.24. The largest absolute Gasteiger partial charge is 0.497 e. The number of aryl methyl sites for hydroxylation is 1. The molecule has 1 amide bonds. The summed E-state index contributed by atoms with van der Waals surface area (Å²) in [5, 5.41) is 2.89. The average Bonchev–Trinajstić information content (AvgIpc) is 2.73. The van der Waals surface area contributed by atoms with Gasteiger partial charge in [-0.2, -0.15) is 0 Å². The van der Waals surface area contributed by atoms with Gasteiger partial charge in [0.15, 0.2) is 0 Å². The number of sulfonamides is 1. The number of amides is 1. The van der Waals surface area contributed by atoms with Gasteiger partial charge in [-0.1, -0.05) is 23.8 Å². The summed E-state index contributed by atoms with van der Waals surface area (Å²) in [4.78, 5) is 14.8. The van der Waals surface area contributed by atoms with E-state index in [1.807, 2.05) is 25.1 Å². The molecule has 1 atom stereocenters. The molecule has 0 saturated carbocycles. The highest BCUT2D eigenvalue weighted by atomic mass is 32.2. The maximum Gasteiger partial charge on any atom is 0.240 e. The van der Waals surface area contributed by atoms with E-state index in [4.69, 9.17) is 4.74 Å². The lowest BCUT2D eigenvalue weighted by atomic mass is 9.98. The summed E-state index contributed by atoms with van der Waals surface area (Å²) < 4.78 is 32.9. The molecule has 0 radical (unpaired) electrons. The predicted octanol–water partition coefficient (Wildman–Crippen LogP) is 2.63. The minimum atomic E-state index is -3.52. The van der Waals surface area contributed by atoms with Gasteiger partial charge in [-0.25, -0.2) is 13.1 Å². The molecule has 0 spiro atoms. The minimum Gasteiger partial charge on any atom is -0.497 e. The topological polar surface area (TPSA) is 87.7 Å². The van der Waals surface area contributed by atoms with E-state index in [1.165, 1.54) is 0 Å². The summed E-state index contributed by atoms with van der Waals surface area (Å²) in [6, 6.07) is 14.1. The first-order chi connectivity index (χ1) is 14.4. The second-order valence-electron chi connectivity index (χ2n) is 7.69. The number of rotatable bonds is 8. The van der Waals surface area contributed by atoms with Crippen LogP contribution in [0.1, 0.15) is 18.4 Å². The van der Waals surface area contributed by atoms with Gasteiger partial charge in [0.25, 0.3) is 0 Å². The Balaban J connectivity index is 1.50. The molecule has 1 fully saturated rings. The van der Waals surface area contributed by atoms with E-state index in [1.54, 1.807) is 37.4 Å². The van der Waals surface area contributed by atoms with Crippen molar-refractivity contribution in [3.63, 3.8) is 0 Å². The normalized spacial score (nSPS) is 17.5. The van der Waals surface area contributed by atoms with Gasteiger partial charge in [-0.05, 0) is 56.5 Å². The van der Waals surface area contributed by atoms with Crippen LogP contribution in [0.4, 0.5) is 5.69 Å². The Bertz CT molecular complexity index is 961.